The summed E-state index contributed by atoms with van der Waals surface area (Å²) in [4.78, 5) is 0.459. The Morgan fingerprint density at radius 1 is 1.21 bits per heavy atom. The van der Waals surface area contributed by atoms with E-state index in [4.69, 9.17) is 0 Å². The van der Waals surface area contributed by atoms with Gasteiger partial charge in [0.25, 0.3) is 0 Å². The SMILES string of the molecule is CCNC(CS(=O)(=O)c1ccccc1C)C(C)CC. The van der Waals surface area contributed by atoms with Crippen LogP contribution in [0.2, 0.25) is 0 Å². The smallest absolute Gasteiger partial charge is 0.180 e. The molecule has 0 amide bonds. The van der Waals surface area contributed by atoms with Gasteiger partial charge in [-0.2, -0.15) is 0 Å². The first kappa shape index (κ1) is 16.2. The Morgan fingerprint density at radius 3 is 2.37 bits per heavy atom. The number of nitrogens with one attached hydrogen (secondary N) is 1. The van der Waals surface area contributed by atoms with Crippen molar-refractivity contribution in [1.82, 2.24) is 5.32 Å². The minimum Gasteiger partial charge on any atom is -0.313 e. The van der Waals surface area contributed by atoms with Crippen molar-refractivity contribution in [3.05, 3.63) is 29.8 Å². The molecule has 1 rings (SSSR count). The van der Waals surface area contributed by atoms with Crippen molar-refractivity contribution >= 4 is 9.84 Å². The van der Waals surface area contributed by atoms with Gasteiger partial charge in [-0.1, -0.05) is 45.4 Å². The van der Waals surface area contributed by atoms with Gasteiger partial charge in [0.05, 0.1) is 10.6 Å². The third kappa shape index (κ3) is 4.32. The van der Waals surface area contributed by atoms with Crippen LogP contribution in [0.4, 0.5) is 0 Å². The standard InChI is InChI=1S/C15H25NO2S/c1-5-12(3)14(16-6-2)11-19(17,18)15-10-8-7-9-13(15)4/h7-10,12,14,16H,5-6,11H2,1-4H3. The lowest BCUT2D eigenvalue weighted by Crippen LogP contribution is -2.40. The number of hydrogen-bond acceptors (Lipinski definition) is 3. The van der Waals surface area contributed by atoms with E-state index in [1.165, 1.54) is 0 Å². The molecule has 0 heterocycles. The molecule has 108 valence electrons. The van der Waals surface area contributed by atoms with Gasteiger partial charge < -0.3 is 5.32 Å². The van der Waals surface area contributed by atoms with E-state index in [1.54, 1.807) is 12.1 Å². The van der Waals surface area contributed by atoms with Gasteiger partial charge in [0, 0.05) is 6.04 Å². The Labute approximate surface area is 117 Å². The molecule has 0 aliphatic rings. The van der Waals surface area contributed by atoms with E-state index in [1.807, 2.05) is 26.0 Å². The molecular formula is C15H25NO2S. The number of aryl methyl sites for hydroxylation is 1. The third-order valence-electron chi connectivity index (χ3n) is 3.62. The Bertz CT molecular complexity index is 497. The van der Waals surface area contributed by atoms with Gasteiger partial charge in [-0.3, -0.25) is 0 Å². The van der Waals surface area contributed by atoms with E-state index in [0.29, 0.717) is 10.8 Å². The van der Waals surface area contributed by atoms with Crippen LogP contribution >= 0.6 is 0 Å². The van der Waals surface area contributed by atoms with Crippen LogP contribution in [0, 0.1) is 12.8 Å². The van der Waals surface area contributed by atoms with Crippen LogP contribution in [-0.2, 0) is 9.84 Å². The third-order valence-corrected chi connectivity index (χ3v) is 5.55. The Balaban J connectivity index is 2.98. The molecule has 2 atom stereocenters. The average molecular weight is 283 g/mol. The summed E-state index contributed by atoms with van der Waals surface area (Å²) in [5, 5.41) is 3.30. The molecule has 4 heteroatoms. The molecule has 1 N–H and O–H groups in total. The zero-order valence-electron chi connectivity index (χ0n) is 12.3. The fourth-order valence-corrected chi connectivity index (χ4v) is 4.15. The molecule has 0 saturated carbocycles. The minimum atomic E-state index is -3.23. The van der Waals surface area contributed by atoms with Gasteiger partial charge in [0.15, 0.2) is 9.84 Å². The zero-order valence-corrected chi connectivity index (χ0v) is 13.1. The maximum absolute atomic E-state index is 12.5. The fraction of sp³-hybridized carbons (Fsp3) is 0.600. The molecule has 19 heavy (non-hydrogen) atoms. The van der Waals surface area contributed by atoms with Crippen LogP contribution in [0.5, 0.6) is 0 Å². The summed E-state index contributed by atoms with van der Waals surface area (Å²) in [5.74, 6) is 0.513. The summed E-state index contributed by atoms with van der Waals surface area (Å²) >= 11 is 0. The second kappa shape index (κ2) is 7.06. The lowest BCUT2D eigenvalue weighted by molar-refractivity contribution is 0.398. The highest BCUT2D eigenvalue weighted by Gasteiger charge is 2.25. The van der Waals surface area contributed by atoms with Crippen molar-refractivity contribution in [3.8, 4) is 0 Å². The lowest BCUT2D eigenvalue weighted by atomic mass is 10.0. The molecule has 0 saturated heterocycles. The van der Waals surface area contributed by atoms with Crippen molar-refractivity contribution in [2.75, 3.05) is 12.3 Å². The minimum absolute atomic E-state index is 0.0135. The normalized spacial score (nSPS) is 15.2. The predicted octanol–water partition coefficient (Wildman–Crippen LogP) is 2.79. The van der Waals surface area contributed by atoms with E-state index < -0.39 is 9.84 Å². The van der Waals surface area contributed by atoms with Crippen LogP contribution in [-0.4, -0.2) is 26.8 Å². The first-order chi connectivity index (χ1) is 8.92. The van der Waals surface area contributed by atoms with Gasteiger partial charge in [-0.25, -0.2) is 8.42 Å². The number of hydrogen-bond donors (Lipinski definition) is 1. The molecule has 1 aromatic carbocycles. The second-order valence-corrected chi connectivity index (χ2v) is 7.10. The van der Waals surface area contributed by atoms with E-state index in [9.17, 15) is 8.42 Å². The summed E-state index contributed by atoms with van der Waals surface area (Å²) in [6.45, 7) is 8.84. The van der Waals surface area contributed by atoms with Crippen LogP contribution < -0.4 is 5.32 Å². The molecular weight excluding hydrogens is 258 g/mol. The molecule has 0 radical (unpaired) electrons. The van der Waals surface area contributed by atoms with Gasteiger partial charge >= 0.3 is 0 Å². The molecule has 3 nitrogen and oxygen atoms in total. The van der Waals surface area contributed by atoms with E-state index in [0.717, 1.165) is 18.5 Å². The molecule has 0 fully saturated rings. The van der Waals surface area contributed by atoms with Crippen LogP contribution in [0.15, 0.2) is 29.2 Å². The van der Waals surface area contributed by atoms with Crippen LogP contribution in [0.1, 0.15) is 32.8 Å². The summed E-state index contributed by atoms with van der Waals surface area (Å²) < 4.78 is 25.0. The van der Waals surface area contributed by atoms with E-state index in [-0.39, 0.29) is 11.8 Å². The molecule has 0 bridgehead atoms. The summed E-state index contributed by atoms with van der Waals surface area (Å²) in [5.41, 5.74) is 0.821. The van der Waals surface area contributed by atoms with Crippen molar-refractivity contribution in [3.63, 3.8) is 0 Å². The Hall–Kier alpha value is -0.870. The van der Waals surface area contributed by atoms with Crippen molar-refractivity contribution in [1.29, 1.82) is 0 Å². The highest BCUT2D eigenvalue weighted by molar-refractivity contribution is 7.91. The second-order valence-electron chi connectivity index (χ2n) is 5.10. The van der Waals surface area contributed by atoms with Crippen LogP contribution in [0.3, 0.4) is 0 Å². The molecule has 0 aliphatic carbocycles. The molecule has 0 aliphatic heterocycles. The first-order valence-electron chi connectivity index (χ1n) is 6.94. The monoisotopic (exact) mass is 283 g/mol. The van der Waals surface area contributed by atoms with Crippen molar-refractivity contribution in [2.24, 2.45) is 5.92 Å². The molecule has 2 unspecified atom stereocenters. The first-order valence-corrected chi connectivity index (χ1v) is 8.59. The van der Waals surface area contributed by atoms with Gasteiger partial charge in [-0.05, 0) is 31.0 Å². The van der Waals surface area contributed by atoms with E-state index >= 15 is 0 Å². The molecule has 0 spiro atoms. The summed E-state index contributed by atoms with van der Waals surface area (Å²) in [6, 6.07) is 7.21. The largest absolute Gasteiger partial charge is 0.313 e. The highest BCUT2D eigenvalue weighted by Crippen LogP contribution is 2.19. The predicted molar refractivity (Wildman–Crippen MR) is 80.2 cm³/mol. The summed E-state index contributed by atoms with van der Waals surface area (Å²) in [7, 11) is -3.23. The van der Waals surface area contributed by atoms with Crippen molar-refractivity contribution < 1.29 is 8.42 Å². The molecule has 1 aromatic rings. The summed E-state index contributed by atoms with van der Waals surface area (Å²) in [6.07, 6.45) is 0.973. The van der Waals surface area contributed by atoms with Gasteiger partial charge in [0.2, 0.25) is 0 Å². The number of benzene rings is 1. The fourth-order valence-electron chi connectivity index (χ4n) is 2.20. The lowest BCUT2D eigenvalue weighted by Gasteiger charge is -2.24. The number of sulfone groups is 1. The maximum Gasteiger partial charge on any atom is 0.180 e. The highest BCUT2D eigenvalue weighted by atomic mass is 32.2. The van der Waals surface area contributed by atoms with Gasteiger partial charge in [0.1, 0.15) is 0 Å². The van der Waals surface area contributed by atoms with E-state index in [2.05, 4.69) is 19.2 Å². The number of rotatable bonds is 7. The van der Waals surface area contributed by atoms with Crippen LogP contribution in [0.25, 0.3) is 0 Å². The Morgan fingerprint density at radius 2 is 1.84 bits per heavy atom. The maximum atomic E-state index is 12.5. The van der Waals surface area contributed by atoms with Gasteiger partial charge in [-0.15, -0.1) is 0 Å². The van der Waals surface area contributed by atoms with Crippen molar-refractivity contribution in [2.45, 2.75) is 45.1 Å². The topological polar surface area (TPSA) is 46.2 Å². The zero-order chi connectivity index (χ0) is 14.5. The average Bonchev–Trinajstić information content (AvgIpc) is 2.37. The Kier molecular flexibility index (Phi) is 6.01. The molecule has 0 aromatic heterocycles. The quantitative estimate of drug-likeness (QED) is 0.837.